The maximum Gasteiger partial charge on any atom is 0.325 e. The Hall–Kier alpha value is -1.59. The molecule has 1 unspecified atom stereocenters. The Bertz CT molecular complexity index is 370. The number of nitrogens with zero attached hydrogens (tertiary/aromatic N) is 2. The van der Waals surface area contributed by atoms with E-state index in [2.05, 4.69) is 12.2 Å². The van der Waals surface area contributed by atoms with Crippen LogP contribution in [0.25, 0.3) is 0 Å². The lowest BCUT2D eigenvalue weighted by Crippen LogP contribution is -2.42. The largest absolute Gasteiger partial charge is 0.341 e. The molecule has 6 nitrogen and oxygen atoms in total. The van der Waals surface area contributed by atoms with E-state index in [1.54, 1.807) is 4.90 Å². The van der Waals surface area contributed by atoms with E-state index in [4.69, 9.17) is 0 Å². The predicted octanol–water partition coefficient (Wildman–Crippen LogP) is 0.187. The lowest BCUT2D eigenvalue weighted by Gasteiger charge is -2.23. The molecule has 2 saturated heterocycles. The highest BCUT2D eigenvalue weighted by Crippen LogP contribution is 2.16. The molecule has 100 valence electrons. The lowest BCUT2D eigenvalue weighted by atomic mass is 10.0. The summed E-state index contributed by atoms with van der Waals surface area (Å²) in [5.41, 5.74) is 0. The molecule has 0 saturated carbocycles. The highest BCUT2D eigenvalue weighted by atomic mass is 16.2. The number of carbonyl (C=O) groups excluding carboxylic acids is 3. The van der Waals surface area contributed by atoms with Crippen LogP contribution >= 0.6 is 0 Å². The van der Waals surface area contributed by atoms with Gasteiger partial charge in [-0.3, -0.25) is 14.9 Å². The van der Waals surface area contributed by atoms with Gasteiger partial charge >= 0.3 is 6.03 Å². The number of likely N-dealkylation sites (tertiary alicyclic amines) is 1. The molecule has 0 bridgehead atoms. The van der Waals surface area contributed by atoms with Crippen LogP contribution in [0.5, 0.6) is 0 Å². The zero-order valence-corrected chi connectivity index (χ0v) is 10.6. The number of amides is 4. The Morgan fingerprint density at radius 2 is 2.11 bits per heavy atom. The van der Waals surface area contributed by atoms with Crippen LogP contribution in [-0.2, 0) is 9.59 Å². The van der Waals surface area contributed by atoms with E-state index < -0.39 is 6.03 Å². The first-order valence-electron chi connectivity index (χ1n) is 6.43. The van der Waals surface area contributed by atoms with Gasteiger partial charge in [0, 0.05) is 13.1 Å². The molecule has 2 aliphatic heterocycles. The Morgan fingerprint density at radius 3 is 2.78 bits per heavy atom. The second-order valence-electron chi connectivity index (χ2n) is 5.13. The average molecular weight is 253 g/mol. The fourth-order valence-corrected chi connectivity index (χ4v) is 2.39. The van der Waals surface area contributed by atoms with Gasteiger partial charge in [0.15, 0.2) is 0 Å². The van der Waals surface area contributed by atoms with E-state index in [-0.39, 0.29) is 24.9 Å². The van der Waals surface area contributed by atoms with Crippen molar-refractivity contribution >= 4 is 17.8 Å². The first-order chi connectivity index (χ1) is 8.56. The van der Waals surface area contributed by atoms with Crippen molar-refractivity contribution in [1.29, 1.82) is 0 Å². The molecule has 2 heterocycles. The normalized spacial score (nSPS) is 25.1. The third kappa shape index (κ3) is 3.00. The third-order valence-electron chi connectivity index (χ3n) is 3.56. The summed E-state index contributed by atoms with van der Waals surface area (Å²) in [6.45, 7) is 3.71. The van der Waals surface area contributed by atoms with Crippen molar-refractivity contribution in [3.63, 3.8) is 0 Å². The van der Waals surface area contributed by atoms with E-state index in [1.165, 1.54) is 4.90 Å². The van der Waals surface area contributed by atoms with Crippen molar-refractivity contribution < 1.29 is 14.4 Å². The molecule has 0 aromatic carbocycles. The van der Waals surface area contributed by atoms with Gasteiger partial charge in [0.2, 0.25) is 11.8 Å². The van der Waals surface area contributed by atoms with Crippen LogP contribution in [-0.4, -0.2) is 53.8 Å². The molecular weight excluding hydrogens is 234 g/mol. The van der Waals surface area contributed by atoms with Crippen LogP contribution < -0.4 is 5.32 Å². The molecule has 0 spiro atoms. The Kier molecular flexibility index (Phi) is 3.84. The summed E-state index contributed by atoms with van der Waals surface area (Å²) in [7, 11) is 0. The standard InChI is InChI=1S/C12H19N3O3/c1-9-3-2-5-14(6-4-9)11(17)8-15-7-10(16)13-12(15)18/h9H,2-8H2,1H3,(H,13,16,18). The van der Waals surface area contributed by atoms with Crippen molar-refractivity contribution in [2.45, 2.75) is 26.2 Å². The quantitative estimate of drug-likeness (QED) is 0.714. The predicted molar refractivity (Wildman–Crippen MR) is 64.7 cm³/mol. The monoisotopic (exact) mass is 253 g/mol. The minimum atomic E-state index is -0.462. The van der Waals surface area contributed by atoms with Crippen LogP contribution in [0.15, 0.2) is 0 Å². The summed E-state index contributed by atoms with van der Waals surface area (Å²) in [6.07, 6.45) is 3.17. The summed E-state index contributed by atoms with van der Waals surface area (Å²) in [4.78, 5) is 37.5. The summed E-state index contributed by atoms with van der Waals surface area (Å²) in [5, 5.41) is 2.17. The zero-order chi connectivity index (χ0) is 13.1. The summed E-state index contributed by atoms with van der Waals surface area (Å²) in [6, 6.07) is -0.462. The van der Waals surface area contributed by atoms with Crippen molar-refractivity contribution in [2.75, 3.05) is 26.2 Å². The van der Waals surface area contributed by atoms with Gasteiger partial charge in [-0.1, -0.05) is 6.92 Å². The van der Waals surface area contributed by atoms with E-state index in [1.807, 2.05) is 0 Å². The van der Waals surface area contributed by atoms with Crippen molar-refractivity contribution in [1.82, 2.24) is 15.1 Å². The van der Waals surface area contributed by atoms with Gasteiger partial charge in [0.1, 0.15) is 13.1 Å². The second-order valence-corrected chi connectivity index (χ2v) is 5.13. The van der Waals surface area contributed by atoms with Crippen LogP contribution in [0, 0.1) is 5.92 Å². The molecular formula is C12H19N3O3. The van der Waals surface area contributed by atoms with Gasteiger partial charge in [-0.05, 0) is 25.2 Å². The molecule has 0 aromatic rings. The molecule has 1 atom stereocenters. The molecule has 4 amide bonds. The fraction of sp³-hybridized carbons (Fsp3) is 0.750. The summed E-state index contributed by atoms with van der Waals surface area (Å²) < 4.78 is 0. The topological polar surface area (TPSA) is 69.7 Å². The average Bonchev–Trinajstić information content (AvgIpc) is 2.52. The van der Waals surface area contributed by atoms with Gasteiger partial charge in [0.25, 0.3) is 0 Å². The highest BCUT2D eigenvalue weighted by molar-refractivity contribution is 6.03. The lowest BCUT2D eigenvalue weighted by molar-refractivity contribution is -0.131. The number of urea groups is 1. The molecule has 0 radical (unpaired) electrons. The van der Waals surface area contributed by atoms with Gasteiger partial charge in [-0.15, -0.1) is 0 Å². The number of rotatable bonds is 2. The molecule has 1 N–H and O–H groups in total. The van der Waals surface area contributed by atoms with Crippen molar-refractivity contribution in [3.8, 4) is 0 Å². The van der Waals surface area contributed by atoms with Crippen LogP contribution in [0.4, 0.5) is 4.79 Å². The summed E-state index contributed by atoms with van der Waals surface area (Å²) in [5.74, 6) is 0.255. The summed E-state index contributed by atoms with van der Waals surface area (Å²) >= 11 is 0. The maximum absolute atomic E-state index is 12.1. The molecule has 2 rings (SSSR count). The maximum atomic E-state index is 12.1. The third-order valence-corrected chi connectivity index (χ3v) is 3.56. The first-order valence-corrected chi connectivity index (χ1v) is 6.43. The Morgan fingerprint density at radius 1 is 1.33 bits per heavy atom. The molecule has 0 aliphatic carbocycles. The number of imide groups is 1. The molecule has 0 aromatic heterocycles. The van der Waals surface area contributed by atoms with E-state index in [0.717, 1.165) is 32.4 Å². The van der Waals surface area contributed by atoms with Crippen molar-refractivity contribution in [3.05, 3.63) is 0 Å². The number of carbonyl (C=O) groups is 3. The van der Waals surface area contributed by atoms with E-state index >= 15 is 0 Å². The van der Waals surface area contributed by atoms with Gasteiger partial charge < -0.3 is 9.80 Å². The van der Waals surface area contributed by atoms with Gasteiger partial charge in [0.05, 0.1) is 0 Å². The minimum absolute atomic E-state index is 0.00514. The van der Waals surface area contributed by atoms with Crippen molar-refractivity contribution in [2.24, 2.45) is 5.92 Å². The number of hydrogen-bond donors (Lipinski definition) is 1. The minimum Gasteiger partial charge on any atom is -0.341 e. The molecule has 6 heteroatoms. The SMILES string of the molecule is CC1CCCN(C(=O)CN2CC(=O)NC2=O)CC1. The van der Waals surface area contributed by atoms with E-state index in [9.17, 15) is 14.4 Å². The Balaban J connectivity index is 1.87. The molecule has 18 heavy (non-hydrogen) atoms. The molecule has 2 fully saturated rings. The number of nitrogens with one attached hydrogen (secondary N) is 1. The molecule has 2 aliphatic rings. The van der Waals surface area contributed by atoms with Gasteiger partial charge in [-0.2, -0.15) is 0 Å². The number of hydrogen-bond acceptors (Lipinski definition) is 3. The zero-order valence-electron chi connectivity index (χ0n) is 10.6. The highest BCUT2D eigenvalue weighted by Gasteiger charge is 2.30. The van der Waals surface area contributed by atoms with E-state index in [0.29, 0.717) is 5.92 Å². The Labute approximate surface area is 106 Å². The van der Waals surface area contributed by atoms with Crippen LogP contribution in [0.1, 0.15) is 26.2 Å². The first kappa shape index (κ1) is 12.9. The van der Waals surface area contributed by atoms with Crippen LogP contribution in [0.3, 0.4) is 0 Å². The van der Waals surface area contributed by atoms with Crippen LogP contribution in [0.2, 0.25) is 0 Å². The smallest absolute Gasteiger partial charge is 0.325 e. The fourth-order valence-electron chi connectivity index (χ4n) is 2.39. The van der Waals surface area contributed by atoms with Gasteiger partial charge in [-0.25, -0.2) is 4.79 Å². The second kappa shape index (κ2) is 5.37.